The molecule has 5 rings (SSSR count). The zero-order chi connectivity index (χ0) is 21.4. The molecule has 8 heteroatoms. The van der Waals surface area contributed by atoms with Crippen LogP contribution in [-0.4, -0.2) is 48.9 Å². The molecule has 0 aliphatic heterocycles. The van der Waals surface area contributed by atoms with E-state index >= 15 is 0 Å². The molecule has 0 spiro atoms. The van der Waals surface area contributed by atoms with Gasteiger partial charge in [0.05, 0.1) is 23.9 Å². The fourth-order valence-corrected chi connectivity index (χ4v) is 4.33. The standard InChI is InChI=1S/C23H26N6O2/c1-24-22-11-19-18(13-25-22)23(15-12-26-28(2)14-15)27-29(19)16-8-9-21(20(30)10-16)31-17-6-4-3-5-7-17/h3-7,11-14,16,20-21,30H,8-10H2,1-2H3,(H,24,25)/t16-,20+,21+/m0/s1. The predicted molar refractivity (Wildman–Crippen MR) is 119 cm³/mol. The van der Waals surface area contributed by atoms with Gasteiger partial charge in [0.25, 0.3) is 0 Å². The summed E-state index contributed by atoms with van der Waals surface area (Å²) in [4.78, 5) is 4.49. The number of aromatic nitrogens is 5. The molecule has 0 amide bonds. The Morgan fingerprint density at radius 3 is 2.71 bits per heavy atom. The van der Waals surface area contributed by atoms with Crippen LogP contribution in [0.2, 0.25) is 0 Å². The second-order valence-corrected chi connectivity index (χ2v) is 8.04. The van der Waals surface area contributed by atoms with Crippen molar-refractivity contribution in [3.8, 4) is 17.0 Å². The maximum atomic E-state index is 10.9. The van der Waals surface area contributed by atoms with E-state index < -0.39 is 6.10 Å². The van der Waals surface area contributed by atoms with Gasteiger partial charge in [0.15, 0.2) is 0 Å². The molecule has 3 heterocycles. The van der Waals surface area contributed by atoms with Crippen LogP contribution in [0.25, 0.3) is 22.2 Å². The van der Waals surface area contributed by atoms with Crippen LogP contribution in [0.3, 0.4) is 0 Å². The first-order valence-electron chi connectivity index (χ1n) is 10.6. The minimum absolute atomic E-state index is 0.0747. The molecule has 3 aromatic heterocycles. The number of nitrogens with zero attached hydrogens (tertiary/aromatic N) is 5. The van der Waals surface area contributed by atoms with Crippen LogP contribution >= 0.6 is 0 Å². The Morgan fingerprint density at radius 2 is 2.00 bits per heavy atom. The quantitative estimate of drug-likeness (QED) is 0.516. The number of para-hydroxylation sites is 1. The number of aryl methyl sites for hydroxylation is 1. The molecular weight excluding hydrogens is 392 g/mol. The minimum atomic E-state index is -0.564. The van der Waals surface area contributed by atoms with Crippen LogP contribution in [0, 0.1) is 0 Å². The van der Waals surface area contributed by atoms with Crippen molar-refractivity contribution >= 4 is 16.7 Å². The van der Waals surface area contributed by atoms with Gasteiger partial charge < -0.3 is 15.2 Å². The molecule has 2 N–H and O–H groups in total. The zero-order valence-corrected chi connectivity index (χ0v) is 17.6. The van der Waals surface area contributed by atoms with Gasteiger partial charge in [-0.15, -0.1) is 0 Å². The van der Waals surface area contributed by atoms with E-state index in [9.17, 15) is 5.11 Å². The number of rotatable bonds is 5. The van der Waals surface area contributed by atoms with Crippen molar-refractivity contribution in [3.63, 3.8) is 0 Å². The van der Waals surface area contributed by atoms with Crippen molar-refractivity contribution in [1.29, 1.82) is 0 Å². The van der Waals surface area contributed by atoms with E-state index in [2.05, 4.69) is 15.4 Å². The van der Waals surface area contributed by atoms with Gasteiger partial charge in [-0.05, 0) is 31.4 Å². The number of aliphatic hydroxyl groups is 1. The van der Waals surface area contributed by atoms with Gasteiger partial charge in [-0.2, -0.15) is 10.2 Å². The average Bonchev–Trinajstić information content (AvgIpc) is 3.39. The van der Waals surface area contributed by atoms with Gasteiger partial charge in [0.1, 0.15) is 23.4 Å². The molecule has 8 nitrogen and oxygen atoms in total. The van der Waals surface area contributed by atoms with Crippen LogP contribution in [0.15, 0.2) is 55.0 Å². The Bertz CT molecular complexity index is 1190. The molecule has 4 aromatic rings. The first-order valence-corrected chi connectivity index (χ1v) is 10.6. The maximum Gasteiger partial charge on any atom is 0.127 e. The summed E-state index contributed by atoms with van der Waals surface area (Å²) < 4.78 is 9.86. The highest BCUT2D eigenvalue weighted by Crippen LogP contribution is 2.36. The van der Waals surface area contributed by atoms with Crippen LogP contribution in [0.4, 0.5) is 5.82 Å². The normalized spacial score (nSPS) is 21.3. The first-order chi connectivity index (χ1) is 15.1. The maximum absolute atomic E-state index is 10.9. The SMILES string of the molecule is CNc1cc2c(cn1)c(-c1cnn(C)c1)nn2[C@H]1CC[C@@H](Oc2ccccc2)[C@H](O)C1. The monoisotopic (exact) mass is 418 g/mol. The number of nitrogens with one attached hydrogen (secondary N) is 1. The van der Waals surface area contributed by atoms with Crippen molar-refractivity contribution in [2.24, 2.45) is 7.05 Å². The molecule has 3 atom stereocenters. The number of pyridine rings is 1. The van der Waals surface area contributed by atoms with E-state index in [1.165, 1.54) is 0 Å². The number of anilines is 1. The number of aliphatic hydroxyl groups excluding tert-OH is 1. The van der Waals surface area contributed by atoms with Crippen LogP contribution in [0.1, 0.15) is 25.3 Å². The second-order valence-electron chi connectivity index (χ2n) is 8.04. The Kier molecular flexibility index (Phi) is 5.07. The van der Waals surface area contributed by atoms with Crippen molar-refractivity contribution < 1.29 is 9.84 Å². The fraction of sp³-hybridized carbons (Fsp3) is 0.348. The first kappa shape index (κ1) is 19.6. The number of hydrogen-bond acceptors (Lipinski definition) is 6. The lowest BCUT2D eigenvalue weighted by molar-refractivity contribution is -0.00946. The van der Waals surface area contributed by atoms with Gasteiger partial charge in [0.2, 0.25) is 0 Å². The van der Waals surface area contributed by atoms with Crippen molar-refractivity contribution in [3.05, 3.63) is 55.0 Å². The highest BCUT2D eigenvalue weighted by Gasteiger charge is 2.33. The van der Waals surface area contributed by atoms with E-state index in [1.54, 1.807) is 4.68 Å². The summed E-state index contributed by atoms with van der Waals surface area (Å²) >= 11 is 0. The molecule has 1 saturated carbocycles. The molecular formula is C23H26N6O2. The van der Waals surface area contributed by atoms with E-state index in [0.717, 1.165) is 46.6 Å². The summed E-state index contributed by atoms with van der Waals surface area (Å²) in [5.74, 6) is 1.58. The third-order valence-electron chi connectivity index (χ3n) is 5.93. The van der Waals surface area contributed by atoms with Gasteiger partial charge >= 0.3 is 0 Å². The van der Waals surface area contributed by atoms with Crippen molar-refractivity contribution in [1.82, 2.24) is 24.5 Å². The number of fused-ring (bicyclic) bond motifs is 1. The molecule has 1 fully saturated rings. The largest absolute Gasteiger partial charge is 0.488 e. The lowest BCUT2D eigenvalue weighted by atomic mass is 9.90. The third-order valence-corrected chi connectivity index (χ3v) is 5.93. The molecule has 0 radical (unpaired) electrons. The third kappa shape index (κ3) is 3.74. The van der Waals surface area contributed by atoms with Crippen LogP contribution in [-0.2, 0) is 7.05 Å². The predicted octanol–water partition coefficient (Wildman–Crippen LogP) is 3.41. The minimum Gasteiger partial charge on any atom is -0.488 e. The smallest absolute Gasteiger partial charge is 0.127 e. The van der Waals surface area contributed by atoms with E-state index in [0.29, 0.717) is 6.42 Å². The highest BCUT2D eigenvalue weighted by molar-refractivity contribution is 5.93. The zero-order valence-electron chi connectivity index (χ0n) is 17.6. The Hall–Kier alpha value is -3.39. The summed E-state index contributed by atoms with van der Waals surface area (Å²) in [7, 11) is 3.75. The Labute approximate surface area is 180 Å². The summed E-state index contributed by atoms with van der Waals surface area (Å²) in [5.41, 5.74) is 2.81. The van der Waals surface area contributed by atoms with Gasteiger partial charge in [-0.25, -0.2) is 4.98 Å². The molecule has 1 aromatic carbocycles. The van der Waals surface area contributed by atoms with Crippen LogP contribution < -0.4 is 10.1 Å². The second kappa shape index (κ2) is 8.03. The summed E-state index contributed by atoms with van der Waals surface area (Å²) in [5, 5.41) is 24.2. The van der Waals surface area contributed by atoms with Crippen molar-refractivity contribution in [2.75, 3.05) is 12.4 Å². The summed E-state index contributed by atoms with van der Waals surface area (Å²) in [6.45, 7) is 0. The summed E-state index contributed by atoms with van der Waals surface area (Å²) in [6, 6.07) is 11.8. The highest BCUT2D eigenvalue weighted by atomic mass is 16.5. The van der Waals surface area contributed by atoms with E-state index in [-0.39, 0.29) is 12.1 Å². The molecule has 31 heavy (non-hydrogen) atoms. The molecule has 1 aliphatic rings. The topological polar surface area (TPSA) is 90.0 Å². The van der Waals surface area contributed by atoms with E-state index in [4.69, 9.17) is 9.84 Å². The molecule has 0 unspecified atom stereocenters. The molecule has 1 aliphatic carbocycles. The van der Waals surface area contributed by atoms with Crippen molar-refractivity contribution in [2.45, 2.75) is 37.5 Å². The Morgan fingerprint density at radius 1 is 1.16 bits per heavy atom. The van der Waals surface area contributed by atoms with Gasteiger partial charge in [0, 0.05) is 43.5 Å². The molecule has 160 valence electrons. The number of hydrogen-bond donors (Lipinski definition) is 2. The Balaban J connectivity index is 1.46. The lowest BCUT2D eigenvalue weighted by Gasteiger charge is -2.33. The van der Waals surface area contributed by atoms with Gasteiger partial charge in [-0.1, -0.05) is 18.2 Å². The summed E-state index contributed by atoms with van der Waals surface area (Å²) in [6.07, 6.45) is 7.06. The van der Waals surface area contributed by atoms with Crippen LogP contribution in [0.5, 0.6) is 5.75 Å². The van der Waals surface area contributed by atoms with E-state index in [1.807, 2.05) is 73.8 Å². The molecule has 0 saturated heterocycles. The van der Waals surface area contributed by atoms with Gasteiger partial charge in [-0.3, -0.25) is 9.36 Å². The average molecular weight is 419 g/mol. The number of benzene rings is 1. The molecule has 0 bridgehead atoms. The lowest BCUT2D eigenvalue weighted by Crippen LogP contribution is -2.38. The number of ether oxygens (including phenoxy) is 1. The fourth-order valence-electron chi connectivity index (χ4n) is 4.33.